The molecular weight excluding hydrogens is 543 g/mol. The fourth-order valence-corrected chi connectivity index (χ4v) is 6.72. The predicted molar refractivity (Wildman–Crippen MR) is 182 cm³/mol. The van der Waals surface area contributed by atoms with Crippen LogP contribution >= 0.6 is 11.3 Å². The molecule has 0 N–H and O–H groups in total. The third-order valence-electron chi connectivity index (χ3n) is 7.63. The van der Waals surface area contributed by atoms with Crippen LogP contribution < -0.4 is 9.64 Å². The first-order chi connectivity index (χ1) is 26.3. The Labute approximate surface area is 270 Å². The molecule has 0 saturated heterocycles. The highest BCUT2D eigenvalue weighted by Gasteiger charge is 2.24. The zero-order chi connectivity index (χ0) is 38.8. The van der Waals surface area contributed by atoms with Crippen LogP contribution in [0.2, 0.25) is 0 Å². The van der Waals surface area contributed by atoms with Crippen LogP contribution in [0.1, 0.15) is 16.4 Å². The Morgan fingerprint density at radius 3 is 2.26 bits per heavy atom. The monoisotopic (exact) mass is 579 g/mol. The largest absolute Gasteiger partial charge is 0.456 e. The third kappa shape index (κ3) is 3.86. The molecule has 0 amide bonds. The van der Waals surface area contributed by atoms with Gasteiger partial charge in [-0.25, -0.2) is 0 Å². The van der Waals surface area contributed by atoms with Crippen LogP contribution in [0, 0.1) is 0 Å². The Balaban J connectivity index is 1.32. The van der Waals surface area contributed by atoms with E-state index < -0.39 is 60.4 Å². The Morgan fingerprint density at radius 1 is 0.535 bits per heavy atom. The summed E-state index contributed by atoms with van der Waals surface area (Å²) in [6.07, 6.45) is 0. The molecule has 0 fully saturated rings. The molecule has 2 nitrogen and oxygen atoms in total. The first-order valence-corrected chi connectivity index (χ1v) is 14.4. The number of thiophene rings is 1. The quantitative estimate of drug-likeness (QED) is 0.206. The van der Waals surface area contributed by atoms with Gasteiger partial charge >= 0.3 is 0 Å². The fourth-order valence-electron chi connectivity index (χ4n) is 5.75. The summed E-state index contributed by atoms with van der Waals surface area (Å²) in [7, 11) is 0. The summed E-state index contributed by atoms with van der Waals surface area (Å²) in [5.74, 6) is 0.949. The normalized spacial score (nSPS) is 15.8. The molecule has 0 saturated carbocycles. The fraction of sp³-hybridized carbons (Fsp3) is 0. The van der Waals surface area contributed by atoms with Crippen LogP contribution in [0.3, 0.4) is 0 Å². The molecule has 2 heterocycles. The van der Waals surface area contributed by atoms with Crippen LogP contribution in [0.5, 0.6) is 11.5 Å². The van der Waals surface area contributed by atoms with Crippen molar-refractivity contribution in [3.63, 3.8) is 0 Å². The third-order valence-corrected chi connectivity index (χ3v) is 8.65. The second kappa shape index (κ2) is 9.59. The molecule has 1 aliphatic heterocycles. The SMILES string of the molecule is [2H]c1c([2H])c([2H])c(N(c2ccc3c(c2)Oc2ccc(-c4ccccc4)c4cccc-3c24)c2c([2H])c([2H])c3c(sc4c([2H])c([2H])c([2H])c([2H])c43)c2[2H])c([2H])c1[2H]. The smallest absolute Gasteiger partial charge is 0.137 e. The maximum absolute atomic E-state index is 9.49. The van der Waals surface area contributed by atoms with Gasteiger partial charge in [-0.15, -0.1) is 11.3 Å². The predicted octanol–water partition coefficient (Wildman–Crippen LogP) is 12.1. The van der Waals surface area contributed by atoms with Gasteiger partial charge in [-0.1, -0.05) is 96.9 Å². The molecule has 43 heavy (non-hydrogen) atoms. The van der Waals surface area contributed by atoms with Crippen molar-refractivity contribution < 1.29 is 21.2 Å². The number of benzene rings is 7. The van der Waals surface area contributed by atoms with Gasteiger partial charge in [0.25, 0.3) is 0 Å². The van der Waals surface area contributed by atoms with Crippen molar-refractivity contribution in [3.05, 3.63) is 151 Å². The number of para-hydroxylation sites is 1. The first-order valence-electron chi connectivity index (χ1n) is 19.5. The summed E-state index contributed by atoms with van der Waals surface area (Å²) < 4.78 is 112. The maximum Gasteiger partial charge on any atom is 0.137 e. The number of ether oxygens (including phenoxy) is 1. The van der Waals surface area contributed by atoms with Crippen LogP contribution in [0.25, 0.3) is 53.2 Å². The number of nitrogens with zero attached hydrogens (tertiary/aromatic N) is 1. The highest BCUT2D eigenvalue weighted by Crippen LogP contribution is 2.50. The van der Waals surface area contributed by atoms with Gasteiger partial charge in [-0.2, -0.15) is 0 Å². The van der Waals surface area contributed by atoms with Crippen molar-refractivity contribution in [2.45, 2.75) is 0 Å². The minimum absolute atomic E-state index is 0.000101. The molecule has 1 aliphatic rings. The molecule has 0 atom stereocenters. The highest BCUT2D eigenvalue weighted by molar-refractivity contribution is 7.25. The highest BCUT2D eigenvalue weighted by atomic mass is 32.1. The summed E-state index contributed by atoms with van der Waals surface area (Å²) in [6.45, 7) is 0. The van der Waals surface area contributed by atoms with Crippen molar-refractivity contribution in [2.75, 3.05) is 4.90 Å². The minimum atomic E-state index is -0.638. The Hall–Kier alpha value is -5.38. The number of hydrogen-bond acceptors (Lipinski definition) is 3. The van der Waals surface area contributed by atoms with E-state index in [2.05, 4.69) is 0 Å². The Morgan fingerprint density at radius 2 is 1.35 bits per heavy atom. The van der Waals surface area contributed by atoms with Crippen LogP contribution in [-0.4, -0.2) is 0 Å². The second-order valence-electron chi connectivity index (χ2n) is 10.0. The molecular formula is C40H25NOS. The molecule has 0 aliphatic carbocycles. The average Bonchev–Trinajstić information content (AvgIpc) is 3.61. The topological polar surface area (TPSA) is 12.5 Å². The molecule has 8 aromatic rings. The van der Waals surface area contributed by atoms with Gasteiger partial charge in [0.1, 0.15) is 11.5 Å². The van der Waals surface area contributed by atoms with Crippen molar-refractivity contribution in [1.82, 2.24) is 0 Å². The van der Waals surface area contributed by atoms with Gasteiger partial charge in [0, 0.05) is 54.3 Å². The lowest BCUT2D eigenvalue weighted by Crippen LogP contribution is -2.10. The Kier molecular flexibility index (Phi) is 3.39. The molecule has 0 spiro atoms. The van der Waals surface area contributed by atoms with Gasteiger partial charge in [0.15, 0.2) is 0 Å². The second-order valence-corrected chi connectivity index (χ2v) is 11.1. The van der Waals surface area contributed by atoms with E-state index in [-0.39, 0.29) is 49.3 Å². The van der Waals surface area contributed by atoms with Gasteiger partial charge in [0.05, 0.1) is 16.4 Å². The van der Waals surface area contributed by atoms with E-state index in [1.165, 1.54) is 4.90 Å². The van der Waals surface area contributed by atoms with Crippen LogP contribution in [-0.2, 0) is 0 Å². The maximum atomic E-state index is 9.49. The van der Waals surface area contributed by atoms with Crippen molar-refractivity contribution in [1.29, 1.82) is 0 Å². The van der Waals surface area contributed by atoms with Crippen LogP contribution in [0.4, 0.5) is 17.1 Å². The van der Waals surface area contributed by atoms with E-state index in [1.54, 1.807) is 18.2 Å². The van der Waals surface area contributed by atoms with Gasteiger partial charge in [-0.3, -0.25) is 0 Å². The molecule has 3 heteroatoms. The summed E-state index contributed by atoms with van der Waals surface area (Å²) in [5.41, 5.74) is 3.22. The lowest BCUT2D eigenvalue weighted by Gasteiger charge is -2.28. The standard InChI is InChI=1S/C40H25NOS/c1-3-10-26(11-4-1)30-22-23-36-40-34(30)15-9-16-35(40)31-20-18-28(24-37(31)42-36)41(27-12-5-2-6-13-27)29-19-21-33-32-14-7-8-17-38(32)43-39(33)25-29/h1-25H/i2D,5D,6D,7D,8D,12D,13D,14D,17D,19D,21D,25D. The zero-order valence-electron chi connectivity index (χ0n) is 34.3. The molecule has 0 radical (unpaired) electrons. The van der Waals surface area contributed by atoms with E-state index in [0.29, 0.717) is 11.5 Å². The van der Waals surface area contributed by atoms with E-state index in [9.17, 15) is 4.11 Å². The summed E-state index contributed by atoms with van der Waals surface area (Å²) in [6, 6.07) is 18.7. The zero-order valence-corrected chi connectivity index (χ0v) is 23.1. The van der Waals surface area contributed by atoms with E-state index in [4.69, 9.17) is 17.1 Å². The number of hydrogen-bond donors (Lipinski definition) is 0. The molecule has 9 rings (SSSR count). The number of rotatable bonds is 4. The van der Waals surface area contributed by atoms with Gasteiger partial charge < -0.3 is 9.64 Å². The molecule has 1 aromatic heterocycles. The van der Waals surface area contributed by atoms with Crippen molar-refractivity contribution in [2.24, 2.45) is 0 Å². The van der Waals surface area contributed by atoms with Crippen LogP contribution in [0.15, 0.2) is 151 Å². The van der Waals surface area contributed by atoms with Gasteiger partial charge in [-0.05, 0) is 70.5 Å². The Bertz CT molecular complexity index is 2970. The molecule has 0 bridgehead atoms. The molecule has 202 valence electrons. The van der Waals surface area contributed by atoms with E-state index in [0.717, 1.165) is 44.4 Å². The summed E-state index contributed by atoms with van der Waals surface area (Å²) in [4.78, 5) is 1.21. The van der Waals surface area contributed by atoms with Crippen molar-refractivity contribution in [3.8, 4) is 33.8 Å². The van der Waals surface area contributed by atoms with E-state index in [1.807, 2.05) is 60.7 Å². The lowest BCUT2D eigenvalue weighted by atomic mass is 9.90. The molecule has 7 aromatic carbocycles. The summed E-state index contributed by atoms with van der Waals surface area (Å²) in [5, 5.41) is 1.90. The molecule has 0 unspecified atom stereocenters. The minimum Gasteiger partial charge on any atom is -0.456 e. The first kappa shape index (κ1) is 15.2. The van der Waals surface area contributed by atoms with E-state index >= 15 is 0 Å². The number of fused-ring (bicyclic) bond motifs is 5. The van der Waals surface area contributed by atoms with Gasteiger partial charge in [0.2, 0.25) is 0 Å². The number of anilines is 3. The van der Waals surface area contributed by atoms with Crippen molar-refractivity contribution >= 4 is 59.3 Å². The lowest BCUT2D eigenvalue weighted by molar-refractivity contribution is 0.487. The average molecular weight is 580 g/mol. The summed E-state index contributed by atoms with van der Waals surface area (Å²) >= 11 is 0.875.